The Balaban J connectivity index is 1.62. The van der Waals surface area contributed by atoms with Gasteiger partial charge in [0.1, 0.15) is 6.04 Å². The Labute approximate surface area is 242 Å². The van der Waals surface area contributed by atoms with Crippen LogP contribution in [0.5, 0.6) is 0 Å². The molecule has 4 N–H and O–H groups in total. The summed E-state index contributed by atoms with van der Waals surface area (Å²) in [7, 11) is -4.07. The molecule has 0 bridgehead atoms. The van der Waals surface area contributed by atoms with Crippen LogP contribution in [0.15, 0.2) is 84.0 Å². The lowest BCUT2D eigenvalue weighted by molar-refractivity contribution is -0.141. The Hall–Kier alpha value is -3.96. The van der Waals surface area contributed by atoms with Crippen LogP contribution in [0.4, 0.5) is 10.5 Å². The summed E-state index contributed by atoms with van der Waals surface area (Å²) in [5.41, 5.74) is 8.01. The van der Waals surface area contributed by atoms with Crippen LogP contribution in [0.2, 0.25) is 0 Å². The van der Waals surface area contributed by atoms with E-state index in [1.807, 2.05) is 56.3 Å². The Morgan fingerprint density at radius 3 is 2.22 bits per heavy atom. The highest BCUT2D eigenvalue weighted by molar-refractivity contribution is 7.89. The summed E-state index contributed by atoms with van der Waals surface area (Å²) in [6, 6.07) is 17.6. The van der Waals surface area contributed by atoms with E-state index in [-0.39, 0.29) is 29.8 Å². The van der Waals surface area contributed by atoms with Crippen molar-refractivity contribution in [2.24, 2.45) is 5.92 Å². The van der Waals surface area contributed by atoms with Gasteiger partial charge in [0.25, 0.3) is 0 Å². The maximum Gasteiger partial charge on any atom is 0.322 e. The molecular weight excluding hydrogens is 542 g/mol. The topological polar surface area (TPSA) is 146 Å². The molecule has 0 aliphatic heterocycles. The number of pyridine rings is 1. The molecule has 0 radical (unpaired) electrons. The van der Waals surface area contributed by atoms with Crippen molar-refractivity contribution >= 4 is 27.7 Å². The molecule has 1 atom stereocenters. The van der Waals surface area contributed by atoms with Gasteiger partial charge in [-0.25, -0.2) is 13.2 Å². The lowest BCUT2D eigenvalue weighted by atomic mass is 10.1. The average molecular weight is 582 g/mol. The van der Waals surface area contributed by atoms with Crippen molar-refractivity contribution in [3.05, 3.63) is 90.3 Å². The summed E-state index contributed by atoms with van der Waals surface area (Å²) < 4.78 is 27.9. The molecule has 10 nitrogen and oxygen atoms in total. The van der Waals surface area contributed by atoms with E-state index in [2.05, 4.69) is 10.3 Å². The number of sulfonamides is 1. The molecule has 3 rings (SSSR count). The molecule has 11 heteroatoms. The molecule has 1 aromatic heterocycles. The number of carbonyl (C=O) groups excluding carboxylic acids is 1. The van der Waals surface area contributed by atoms with E-state index in [0.29, 0.717) is 38.2 Å². The van der Waals surface area contributed by atoms with Crippen LogP contribution in [-0.4, -0.2) is 58.8 Å². The van der Waals surface area contributed by atoms with Gasteiger partial charge in [-0.05, 0) is 66.6 Å². The van der Waals surface area contributed by atoms with E-state index in [4.69, 9.17) is 5.73 Å². The number of unbranched alkanes of at least 4 members (excludes halogenated alkanes) is 1. The maximum absolute atomic E-state index is 13.4. The normalized spacial score (nSPS) is 12.3. The SMILES string of the molecule is CC(C)CN([C@@H](CCCCNC(=O)N(Cc1ccccc1)Cc1cccnc1)C(=O)O)S(=O)(=O)c1ccc(N)cc1. The first-order valence-corrected chi connectivity index (χ1v) is 15.1. The Morgan fingerprint density at radius 1 is 0.951 bits per heavy atom. The van der Waals surface area contributed by atoms with E-state index < -0.39 is 22.0 Å². The van der Waals surface area contributed by atoms with E-state index in [0.717, 1.165) is 15.4 Å². The van der Waals surface area contributed by atoms with Crippen LogP contribution >= 0.6 is 0 Å². The number of aromatic nitrogens is 1. The monoisotopic (exact) mass is 581 g/mol. The number of nitrogen functional groups attached to an aromatic ring is 1. The van der Waals surface area contributed by atoms with Crippen molar-refractivity contribution in [3.63, 3.8) is 0 Å². The van der Waals surface area contributed by atoms with Crippen LogP contribution in [0.1, 0.15) is 44.2 Å². The number of carboxylic acid groups (broad SMARTS) is 1. The zero-order chi connectivity index (χ0) is 29.8. The number of anilines is 1. The van der Waals surface area contributed by atoms with Crippen LogP contribution in [0, 0.1) is 5.92 Å². The first-order valence-electron chi connectivity index (χ1n) is 13.6. The second-order valence-electron chi connectivity index (χ2n) is 10.3. The summed E-state index contributed by atoms with van der Waals surface area (Å²) in [5, 5.41) is 12.9. The van der Waals surface area contributed by atoms with Crippen molar-refractivity contribution in [2.45, 2.75) is 57.1 Å². The minimum atomic E-state index is -4.07. The van der Waals surface area contributed by atoms with E-state index in [1.54, 1.807) is 17.3 Å². The zero-order valence-corrected chi connectivity index (χ0v) is 24.3. The van der Waals surface area contributed by atoms with Gasteiger partial charge in [-0.2, -0.15) is 4.31 Å². The molecule has 3 aromatic rings. The van der Waals surface area contributed by atoms with Gasteiger partial charge in [-0.3, -0.25) is 9.78 Å². The third-order valence-electron chi connectivity index (χ3n) is 6.44. The highest BCUT2D eigenvalue weighted by atomic mass is 32.2. The second-order valence-corrected chi connectivity index (χ2v) is 12.2. The molecular formula is C30H39N5O5S. The van der Waals surface area contributed by atoms with Gasteiger partial charge in [0, 0.05) is 44.3 Å². The number of aliphatic carboxylic acids is 1. The number of amides is 2. The number of nitrogens with two attached hydrogens (primary N) is 1. The fourth-order valence-corrected chi connectivity index (χ4v) is 6.18. The first-order chi connectivity index (χ1) is 19.6. The maximum atomic E-state index is 13.4. The molecule has 220 valence electrons. The van der Waals surface area contributed by atoms with Gasteiger partial charge in [-0.1, -0.05) is 50.2 Å². The third-order valence-corrected chi connectivity index (χ3v) is 8.33. The van der Waals surface area contributed by atoms with Crippen LogP contribution < -0.4 is 11.1 Å². The lowest BCUT2D eigenvalue weighted by Crippen LogP contribution is -2.46. The minimum Gasteiger partial charge on any atom is -0.480 e. The predicted octanol–water partition coefficient (Wildman–Crippen LogP) is 4.35. The van der Waals surface area contributed by atoms with Crippen molar-refractivity contribution in [1.29, 1.82) is 0 Å². The zero-order valence-electron chi connectivity index (χ0n) is 23.5. The molecule has 0 unspecified atom stereocenters. The highest BCUT2D eigenvalue weighted by Gasteiger charge is 2.36. The minimum absolute atomic E-state index is 0.00186. The quantitative estimate of drug-likeness (QED) is 0.179. The Morgan fingerprint density at radius 2 is 1.61 bits per heavy atom. The van der Waals surface area contributed by atoms with Gasteiger partial charge < -0.3 is 21.1 Å². The highest BCUT2D eigenvalue weighted by Crippen LogP contribution is 2.23. The molecule has 0 saturated carbocycles. The fraction of sp³-hybridized carbons (Fsp3) is 0.367. The van der Waals surface area contributed by atoms with E-state index in [9.17, 15) is 23.1 Å². The van der Waals surface area contributed by atoms with Crippen LogP contribution in [0.25, 0.3) is 0 Å². The molecule has 1 heterocycles. The number of nitrogens with zero attached hydrogens (tertiary/aromatic N) is 3. The van der Waals surface area contributed by atoms with Gasteiger partial charge in [-0.15, -0.1) is 0 Å². The summed E-state index contributed by atoms with van der Waals surface area (Å²) in [5.74, 6) is -1.30. The molecule has 0 fully saturated rings. The number of carbonyl (C=O) groups is 2. The number of benzene rings is 2. The summed E-state index contributed by atoms with van der Waals surface area (Å²) in [4.78, 5) is 31.2. The summed E-state index contributed by atoms with van der Waals surface area (Å²) >= 11 is 0. The third kappa shape index (κ3) is 9.58. The number of hydrogen-bond donors (Lipinski definition) is 3. The second kappa shape index (κ2) is 15.2. The first kappa shape index (κ1) is 31.6. The van der Waals surface area contributed by atoms with E-state index >= 15 is 0 Å². The summed E-state index contributed by atoms with van der Waals surface area (Å²) in [6.07, 6.45) is 4.40. The number of carboxylic acids is 1. The van der Waals surface area contributed by atoms with Crippen molar-refractivity contribution in [3.8, 4) is 0 Å². The lowest BCUT2D eigenvalue weighted by Gasteiger charge is -2.29. The fourth-order valence-electron chi connectivity index (χ4n) is 4.40. The standard InChI is InChI=1S/C30H39N5O5S/c1-23(2)20-35(41(39,40)27-15-13-26(31)14-16-27)28(29(36)37)12-6-7-18-33-30(38)34(21-24-9-4-3-5-10-24)22-25-11-8-17-32-19-25/h3-5,8-11,13-17,19,23,28H,6-7,12,18,20-22,31H2,1-2H3,(H,33,38)(H,36,37)/t28-/m0/s1. The molecule has 0 saturated heterocycles. The van der Waals surface area contributed by atoms with Crippen molar-refractivity contribution < 1.29 is 23.1 Å². The number of urea groups is 1. The molecule has 2 amide bonds. The molecule has 0 spiro atoms. The average Bonchev–Trinajstić information content (AvgIpc) is 2.94. The van der Waals surface area contributed by atoms with E-state index in [1.165, 1.54) is 24.3 Å². The number of hydrogen-bond acceptors (Lipinski definition) is 6. The predicted molar refractivity (Wildman–Crippen MR) is 158 cm³/mol. The van der Waals surface area contributed by atoms with Crippen molar-refractivity contribution in [1.82, 2.24) is 19.5 Å². The molecule has 41 heavy (non-hydrogen) atoms. The molecule has 0 aliphatic rings. The van der Waals surface area contributed by atoms with Crippen molar-refractivity contribution in [2.75, 3.05) is 18.8 Å². The number of rotatable bonds is 15. The molecule has 0 aliphatic carbocycles. The van der Waals surface area contributed by atoms with Crippen LogP contribution in [0.3, 0.4) is 0 Å². The van der Waals surface area contributed by atoms with Crippen LogP contribution in [-0.2, 0) is 27.9 Å². The Kier molecular flexibility index (Phi) is 11.7. The van der Waals surface area contributed by atoms with Gasteiger partial charge in [0.2, 0.25) is 10.0 Å². The Bertz CT molecular complexity index is 1310. The van der Waals surface area contributed by atoms with Gasteiger partial charge in [0.15, 0.2) is 0 Å². The van der Waals surface area contributed by atoms with Gasteiger partial charge >= 0.3 is 12.0 Å². The smallest absolute Gasteiger partial charge is 0.322 e. The number of nitrogens with one attached hydrogen (secondary N) is 1. The summed E-state index contributed by atoms with van der Waals surface area (Å²) in [6.45, 7) is 4.85. The largest absolute Gasteiger partial charge is 0.480 e. The molecule has 2 aromatic carbocycles. The van der Waals surface area contributed by atoms with Gasteiger partial charge in [0.05, 0.1) is 4.90 Å².